The van der Waals surface area contributed by atoms with Crippen molar-refractivity contribution in [3.05, 3.63) is 75.8 Å². The number of nitrogens with one attached hydrogen (secondary N) is 2. The molecular weight excluding hydrogens is 455 g/mol. The van der Waals surface area contributed by atoms with Crippen LogP contribution in [0.25, 0.3) is 0 Å². The summed E-state index contributed by atoms with van der Waals surface area (Å²) < 4.78 is 28.5. The summed E-state index contributed by atoms with van der Waals surface area (Å²) in [5, 5.41) is 3.17. The summed E-state index contributed by atoms with van der Waals surface area (Å²) in [5.74, 6) is -0.373. The molecule has 2 aromatic carbocycles. The van der Waals surface area contributed by atoms with Crippen LogP contribution in [0.4, 0.5) is 0 Å². The van der Waals surface area contributed by atoms with Crippen molar-refractivity contribution in [3.63, 3.8) is 0 Å². The maximum absolute atomic E-state index is 13.0. The van der Waals surface area contributed by atoms with Crippen molar-refractivity contribution >= 4 is 39.1 Å². The number of carbonyl (C=O) groups is 1. The number of halogens is 2. The number of benzene rings is 2. The van der Waals surface area contributed by atoms with Crippen LogP contribution in [0.3, 0.4) is 0 Å². The predicted octanol–water partition coefficient (Wildman–Crippen LogP) is 4.89. The van der Waals surface area contributed by atoms with E-state index in [0.29, 0.717) is 6.54 Å². The summed E-state index contributed by atoms with van der Waals surface area (Å²) in [4.78, 5) is 12.8. The van der Waals surface area contributed by atoms with Crippen LogP contribution in [-0.4, -0.2) is 26.9 Å². The van der Waals surface area contributed by atoms with Crippen molar-refractivity contribution in [2.24, 2.45) is 0 Å². The van der Waals surface area contributed by atoms with Crippen molar-refractivity contribution in [2.75, 3.05) is 6.54 Å². The molecule has 0 spiro atoms. The first kappa shape index (κ1) is 23.8. The maximum Gasteiger partial charge on any atom is 0.242 e. The Kier molecular flexibility index (Phi) is 8.55. The van der Waals surface area contributed by atoms with Crippen LogP contribution in [0.5, 0.6) is 0 Å². The Hall–Kier alpha value is -1.86. The number of hydrogen-bond acceptors (Lipinski definition) is 3. The average Bonchev–Trinajstić information content (AvgIpc) is 2.76. The van der Waals surface area contributed by atoms with E-state index in [1.165, 1.54) is 36.6 Å². The van der Waals surface area contributed by atoms with E-state index >= 15 is 0 Å². The second-order valence-electron chi connectivity index (χ2n) is 7.59. The number of amides is 1. The smallest absolute Gasteiger partial charge is 0.242 e. The van der Waals surface area contributed by atoms with E-state index in [4.69, 9.17) is 23.2 Å². The fourth-order valence-corrected chi connectivity index (χ4v) is 5.53. The summed E-state index contributed by atoms with van der Waals surface area (Å²) in [6.07, 6.45) is 7.76. The molecule has 0 fully saturated rings. The molecular formula is C23H26Cl2N2O3S. The van der Waals surface area contributed by atoms with Crippen molar-refractivity contribution in [3.8, 4) is 0 Å². The highest BCUT2D eigenvalue weighted by atomic mass is 35.5. The second-order valence-corrected chi connectivity index (χ2v) is 10.1. The van der Waals surface area contributed by atoms with Crippen LogP contribution < -0.4 is 10.0 Å². The van der Waals surface area contributed by atoms with Gasteiger partial charge >= 0.3 is 0 Å². The predicted molar refractivity (Wildman–Crippen MR) is 125 cm³/mol. The molecule has 0 bridgehead atoms. The molecule has 0 heterocycles. The summed E-state index contributed by atoms with van der Waals surface area (Å²) in [6, 6.07) is 12.5. The van der Waals surface area contributed by atoms with Gasteiger partial charge < -0.3 is 5.32 Å². The Morgan fingerprint density at radius 2 is 1.84 bits per heavy atom. The molecule has 0 unspecified atom stereocenters. The lowest BCUT2D eigenvalue weighted by atomic mass is 9.97. The van der Waals surface area contributed by atoms with E-state index in [2.05, 4.69) is 16.1 Å². The molecule has 0 saturated heterocycles. The molecule has 0 saturated carbocycles. The van der Waals surface area contributed by atoms with Crippen LogP contribution in [0.2, 0.25) is 10.0 Å². The Labute approximate surface area is 193 Å². The van der Waals surface area contributed by atoms with Crippen LogP contribution in [-0.2, 0) is 21.2 Å². The first-order chi connectivity index (χ1) is 14.8. The molecule has 0 aliphatic heterocycles. The fraction of sp³-hybridized carbons (Fsp3) is 0.348. The monoisotopic (exact) mass is 480 g/mol. The molecule has 0 radical (unpaired) electrons. The van der Waals surface area contributed by atoms with Crippen LogP contribution in [0.1, 0.15) is 37.7 Å². The maximum atomic E-state index is 13.0. The molecule has 1 aliphatic rings. The molecule has 1 atom stereocenters. The number of allylic oxidation sites excluding steroid dienone is 1. The van der Waals surface area contributed by atoms with Gasteiger partial charge in [-0.05, 0) is 62.3 Å². The molecule has 5 nitrogen and oxygen atoms in total. The topological polar surface area (TPSA) is 75.3 Å². The lowest BCUT2D eigenvalue weighted by molar-refractivity contribution is -0.122. The molecule has 0 aromatic heterocycles. The fourth-order valence-electron chi connectivity index (χ4n) is 3.57. The van der Waals surface area contributed by atoms with E-state index in [-0.39, 0.29) is 27.3 Å². The highest BCUT2D eigenvalue weighted by Gasteiger charge is 2.27. The third-order valence-corrected chi connectivity index (χ3v) is 7.40. The van der Waals surface area contributed by atoms with E-state index in [1.54, 1.807) is 0 Å². The highest BCUT2D eigenvalue weighted by Crippen LogP contribution is 2.25. The Morgan fingerprint density at radius 1 is 1.06 bits per heavy atom. The molecule has 1 amide bonds. The zero-order valence-electron chi connectivity index (χ0n) is 17.1. The van der Waals surface area contributed by atoms with Gasteiger partial charge in [0, 0.05) is 11.6 Å². The molecule has 3 rings (SSSR count). The van der Waals surface area contributed by atoms with Crippen LogP contribution >= 0.6 is 23.2 Å². The third kappa shape index (κ3) is 7.07. The first-order valence-corrected chi connectivity index (χ1v) is 12.6. The van der Waals surface area contributed by atoms with E-state index in [1.807, 2.05) is 30.3 Å². The van der Waals surface area contributed by atoms with Crippen molar-refractivity contribution < 1.29 is 13.2 Å². The molecule has 2 N–H and O–H groups in total. The first-order valence-electron chi connectivity index (χ1n) is 10.3. The number of carbonyl (C=O) groups excluding carboxylic acids is 1. The molecule has 166 valence electrons. The average molecular weight is 481 g/mol. The molecule has 2 aromatic rings. The second kappa shape index (κ2) is 11.1. The number of sulfonamides is 1. The quantitative estimate of drug-likeness (QED) is 0.501. The minimum absolute atomic E-state index is 0.0417. The zero-order valence-corrected chi connectivity index (χ0v) is 19.4. The molecule has 31 heavy (non-hydrogen) atoms. The molecule has 1 aliphatic carbocycles. The summed E-state index contributed by atoms with van der Waals surface area (Å²) in [7, 11) is -4.06. The Bertz CT molecular complexity index is 1040. The Balaban J connectivity index is 1.74. The van der Waals surface area contributed by atoms with Gasteiger partial charge in [0.2, 0.25) is 15.9 Å². The van der Waals surface area contributed by atoms with Crippen LogP contribution in [0.15, 0.2) is 65.1 Å². The van der Waals surface area contributed by atoms with Crippen molar-refractivity contribution in [1.82, 2.24) is 10.0 Å². The van der Waals surface area contributed by atoms with Gasteiger partial charge in [-0.15, -0.1) is 0 Å². The van der Waals surface area contributed by atoms with Gasteiger partial charge in [-0.25, -0.2) is 8.42 Å². The number of rotatable bonds is 9. The highest BCUT2D eigenvalue weighted by molar-refractivity contribution is 7.89. The van der Waals surface area contributed by atoms with E-state index in [0.717, 1.165) is 24.8 Å². The summed E-state index contributed by atoms with van der Waals surface area (Å²) >= 11 is 12.0. The van der Waals surface area contributed by atoms with Crippen molar-refractivity contribution in [1.29, 1.82) is 0 Å². The lowest BCUT2D eigenvalue weighted by Crippen LogP contribution is -2.48. The van der Waals surface area contributed by atoms with Gasteiger partial charge in [-0.1, -0.05) is 65.2 Å². The third-order valence-electron chi connectivity index (χ3n) is 5.21. The van der Waals surface area contributed by atoms with E-state index in [9.17, 15) is 13.2 Å². The van der Waals surface area contributed by atoms with Crippen molar-refractivity contribution in [2.45, 2.75) is 49.5 Å². The van der Waals surface area contributed by atoms with Gasteiger partial charge in [-0.3, -0.25) is 4.79 Å². The number of hydrogen-bond donors (Lipinski definition) is 2. The van der Waals surface area contributed by atoms with E-state index < -0.39 is 16.1 Å². The largest absolute Gasteiger partial charge is 0.354 e. The summed E-state index contributed by atoms with van der Waals surface area (Å²) in [5.41, 5.74) is 2.19. The minimum Gasteiger partial charge on any atom is -0.354 e. The van der Waals surface area contributed by atoms with Gasteiger partial charge in [0.25, 0.3) is 0 Å². The molecule has 8 heteroatoms. The van der Waals surface area contributed by atoms with Crippen LogP contribution in [0, 0.1) is 0 Å². The lowest BCUT2D eigenvalue weighted by Gasteiger charge is -2.20. The normalized spacial score (nSPS) is 15.2. The minimum atomic E-state index is -4.06. The standard InChI is InChI=1S/C23H26Cl2N2O3S/c24-19-11-12-20(25)22(16-19)31(29,30)27-21(15-18-9-5-2-6-10-18)23(28)26-14-13-17-7-3-1-4-8-17/h2,5-7,9-12,16,21,27H,1,3-4,8,13-15H2,(H,26,28)/t21-/m1/s1. The van der Waals surface area contributed by atoms with Gasteiger partial charge in [0.1, 0.15) is 10.9 Å². The van der Waals surface area contributed by atoms with Gasteiger partial charge in [0.05, 0.1) is 5.02 Å². The van der Waals surface area contributed by atoms with Gasteiger partial charge in [-0.2, -0.15) is 4.72 Å². The summed E-state index contributed by atoms with van der Waals surface area (Å²) in [6.45, 7) is 0.468. The Morgan fingerprint density at radius 3 is 2.55 bits per heavy atom. The van der Waals surface area contributed by atoms with Gasteiger partial charge in [0.15, 0.2) is 0 Å². The SMILES string of the molecule is O=C(NCCC1=CCCCC1)[C@@H](Cc1ccccc1)NS(=O)(=O)c1cc(Cl)ccc1Cl. The zero-order chi connectivity index (χ0) is 22.3.